The number of fused-ring (bicyclic) bond motifs is 1. The number of phenolic OH excluding ortho intramolecular Hbond substituents is 1. The Labute approximate surface area is 118 Å². The van der Waals surface area contributed by atoms with Crippen LogP contribution in [0.25, 0.3) is 0 Å². The fourth-order valence-corrected chi connectivity index (χ4v) is 2.10. The lowest BCUT2D eigenvalue weighted by Crippen LogP contribution is -2.21. The molecule has 0 spiro atoms. The van der Waals surface area contributed by atoms with Crippen molar-refractivity contribution < 1.29 is 19.7 Å². The molecule has 1 aliphatic heterocycles. The molecule has 1 aromatic rings. The van der Waals surface area contributed by atoms with Crippen molar-refractivity contribution in [2.24, 2.45) is 0 Å². The second-order valence-electron chi connectivity index (χ2n) is 4.91. The Morgan fingerprint density at radius 3 is 2.90 bits per heavy atom. The van der Waals surface area contributed by atoms with Gasteiger partial charge in [0.05, 0.1) is 6.10 Å². The van der Waals surface area contributed by atoms with Gasteiger partial charge in [-0.3, -0.25) is 0 Å². The third kappa shape index (κ3) is 3.08. The number of allylic oxidation sites excluding steroid dienone is 1. The maximum absolute atomic E-state index is 12.2. The molecule has 0 aromatic heterocycles. The molecule has 0 aliphatic carbocycles. The number of cyclic esters (lactones) is 1. The van der Waals surface area contributed by atoms with E-state index in [0.29, 0.717) is 6.42 Å². The zero-order valence-corrected chi connectivity index (χ0v) is 11.5. The number of aromatic hydroxyl groups is 1. The standard InChI is InChI=1S/C16H18O4/c1-10-6-8-12-4-3-5-13(18)15(12)16(19)20-14(10)9-7-11(2)17/h3-7,9,11,14,17-18H,8H2,1-2H3/b9-7+,10-6-/t11-,14?/m1/s1. The minimum Gasteiger partial charge on any atom is -0.507 e. The number of benzene rings is 1. The van der Waals surface area contributed by atoms with Crippen LogP contribution in [0.5, 0.6) is 5.75 Å². The highest BCUT2D eigenvalue weighted by atomic mass is 16.5. The fraction of sp³-hybridized carbons (Fsp3) is 0.312. The minimum atomic E-state index is -0.604. The van der Waals surface area contributed by atoms with Crippen molar-refractivity contribution in [1.29, 1.82) is 0 Å². The van der Waals surface area contributed by atoms with Gasteiger partial charge in [0.25, 0.3) is 0 Å². The number of carbonyl (C=O) groups is 1. The van der Waals surface area contributed by atoms with E-state index in [1.54, 1.807) is 31.2 Å². The van der Waals surface area contributed by atoms with Gasteiger partial charge in [0.1, 0.15) is 17.4 Å². The molecule has 0 fully saturated rings. The van der Waals surface area contributed by atoms with Gasteiger partial charge in [0.15, 0.2) is 0 Å². The first-order chi connectivity index (χ1) is 9.49. The van der Waals surface area contributed by atoms with Crippen molar-refractivity contribution in [2.45, 2.75) is 32.5 Å². The largest absolute Gasteiger partial charge is 0.507 e. The lowest BCUT2D eigenvalue weighted by atomic mass is 9.99. The molecule has 4 heteroatoms. The molecule has 0 saturated heterocycles. The van der Waals surface area contributed by atoms with E-state index in [1.807, 2.05) is 13.0 Å². The smallest absolute Gasteiger partial charge is 0.343 e. The molecule has 2 rings (SSSR count). The van der Waals surface area contributed by atoms with Crippen molar-refractivity contribution in [1.82, 2.24) is 0 Å². The van der Waals surface area contributed by atoms with Crippen molar-refractivity contribution in [2.75, 3.05) is 0 Å². The van der Waals surface area contributed by atoms with Crippen LogP contribution in [0.15, 0.2) is 42.0 Å². The summed E-state index contributed by atoms with van der Waals surface area (Å²) in [7, 11) is 0. The molecule has 0 saturated carbocycles. The van der Waals surface area contributed by atoms with Crippen LogP contribution < -0.4 is 0 Å². The van der Waals surface area contributed by atoms with Crippen molar-refractivity contribution >= 4 is 5.97 Å². The van der Waals surface area contributed by atoms with Crippen molar-refractivity contribution in [3.05, 3.63) is 53.1 Å². The number of aliphatic hydroxyl groups is 1. The number of ether oxygens (including phenoxy) is 1. The molecule has 1 aromatic carbocycles. The van der Waals surface area contributed by atoms with E-state index in [4.69, 9.17) is 4.74 Å². The summed E-state index contributed by atoms with van der Waals surface area (Å²) in [5.74, 6) is -0.621. The summed E-state index contributed by atoms with van der Waals surface area (Å²) in [4.78, 5) is 12.2. The zero-order valence-electron chi connectivity index (χ0n) is 11.5. The number of rotatable bonds is 2. The molecule has 1 heterocycles. The van der Waals surface area contributed by atoms with Gasteiger partial charge in [0.2, 0.25) is 0 Å². The van der Waals surface area contributed by atoms with Gasteiger partial charge in [-0.1, -0.05) is 24.3 Å². The second kappa shape index (κ2) is 5.92. The molecule has 0 bridgehead atoms. The van der Waals surface area contributed by atoms with Crippen molar-refractivity contribution in [3.8, 4) is 5.75 Å². The summed E-state index contributed by atoms with van der Waals surface area (Å²) >= 11 is 0. The molecule has 2 N–H and O–H groups in total. The summed E-state index contributed by atoms with van der Waals surface area (Å²) in [6.07, 6.45) is 4.62. The molecular formula is C16H18O4. The van der Waals surface area contributed by atoms with Gasteiger partial charge in [-0.15, -0.1) is 0 Å². The van der Waals surface area contributed by atoms with Gasteiger partial charge in [-0.05, 0) is 43.5 Å². The summed E-state index contributed by atoms with van der Waals surface area (Å²) in [6, 6.07) is 4.97. The van der Waals surface area contributed by atoms with Gasteiger partial charge in [0, 0.05) is 0 Å². The van der Waals surface area contributed by atoms with Crippen LogP contribution in [0.2, 0.25) is 0 Å². The number of hydrogen-bond acceptors (Lipinski definition) is 4. The topological polar surface area (TPSA) is 66.8 Å². The molecule has 20 heavy (non-hydrogen) atoms. The Morgan fingerprint density at radius 1 is 1.45 bits per heavy atom. The average Bonchev–Trinajstić information content (AvgIpc) is 2.38. The lowest BCUT2D eigenvalue weighted by Gasteiger charge is -2.20. The summed E-state index contributed by atoms with van der Waals surface area (Å²) in [5, 5.41) is 19.1. The predicted octanol–water partition coefficient (Wildman–Crippen LogP) is 2.36. The molecule has 0 radical (unpaired) electrons. The quantitative estimate of drug-likeness (QED) is 0.642. The number of aliphatic hydroxyl groups excluding tert-OH is 1. The van der Waals surface area contributed by atoms with Crippen LogP contribution in [0, 0.1) is 0 Å². The number of esters is 1. The maximum Gasteiger partial charge on any atom is 0.343 e. The average molecular weight is 274 g/mol. The van der Waals surface area contributed by atoms with E-state index in [9.17, 15) is 15.0 Å². The van der Waals surface area contributed by atoms with E-state index in [2.05, 4.69) is 0 Å². The number of carbonyl (C=O) groups excluding carboxylic acids is 1. The summed E-state index contributed by atoms with van der Waals surface area (Å²) in [6.45, 7) is 3.50. The first kappa shape index (κ1) is 14.3. The van der Waals surface area contributed by atoms with Crippen LogP contribution in [0.3, 0.4) is 0 Å². The maximum atomic E-state index is 12.2. The van der Waals surface area contributed by atoms with Crippen LogP contribution in [0.4, 0.5) is 0 Å². The normalized spacial score (nSPS) is 23.2. The summed E-state index contributed by atoms with van der Waals surface area (Å²) in [5.41, 5.74) is 1.85. The highest BCUT2D eigenvalue weighted by molar-refractivity contribution is 5.94. The molecule has 1 unspecified atom stereocenters. The highest BCUT2D eigenvalue weighted by Crippen LogP contribution is 2.26. The van der Waals surface area contributed by atoms with Crippen LogP contribution in [0.1, 0.15) is 29.8 Å². The molecule has 0 amide bonds. The minimum absolute atomic E-state index is 0.0706. The predicted molar refractivity (Wildman–Crippen MR) is 75.6 cm³/mol. The first-order valence-electron chi connectivity index (χ1n) is 6.54. The van der Waals surface area contributed by atoms with Gasteiger partial charge >= 0.3 is 5.97 Å². The molecule has 1 aliphatic rings. The monoisotopic (exact) mass is 274 g/mol. The number of hydrogen-bond donors (Lipinski definition) is 2. The van der Waals surface area contributed by atoms with Crippen LogP contribution >= 0.6 is 0 Å². The van der Waals surface area contributed by atoms with Crippen LogP contribution in [-0.4, -0.2) is 28.4 Å². The van der Waals surface area contributed by atoms with Crippen LogP contribution in [-0.2, 0) is 11.2 Å². The van der Waals surface area contributed by atoms with E-state index >= 15 is 0 Å². The summed E-state index contributed by atoms with van der Waals surface area (Å²) < 4.78 is 5.40. The third-order valence-electron chi connectivity index (χ3n) is 3.22. The Bertz CT molecular complexity index is 570. The molecular weight excluding hydrogens is 256 g/mol. The Morgan fingerprint density at radius 2 is 2.20 bits per heavy atom. The van der Waals surface area contributed by atoms with Gasteiger partial charge in [-0.2, -0.15) is 0 Å². The molecule has 2 atom stereocenters. The van der Waals surface area contributed by atoms with Gasteiger partial charge < -0.3 is 14.9 Å². The highest BCUT2D eigenvalue weighted by Gasteiger charge is 2.23. The van der Waals surface area contributed by atoms with E-state index in [0.717, 1.165) is 11.1 Å². The van der Waals surface area contributed by atoms with E-state index < -0.39 is 18.2 Å². The fourth-order valence-electron chi connectivity index (χ4n) is 2.10. The lowest BCUT2D eigenvalue weighted by molar-refractivity contribution is 0.0438. The third-order valence-corrected chi connectivity index (χ3v) is 3.22. The molecule has 4 nitrogen and oxygen atoms in total. The Kier molecular flexibility index (Phi) is 4.25. The zero-order chi connectivity index (χ0) is 14.7. The second-order valence-corrected chi connectivity index (χ2v) is 4.91. The SMILES string of the molecule is C/C1=C/Cc2cccc(O)c2C(=O)OC1/C=C/[C@@H](C)O. The van der Waals surface area contributed by atoms with E-state index in [1.165, 1.54) is 6.07 Å². The van der Waals surface area contributed by atoms with Crippen molar-refractivity contribution in [3.63, 3.8) is 0 Å². The molecule has 106 valence electrons. The number of phenols is 1. The van der Waals surface area contributed by atoms with E-state index in [-0.39, 0.29) is 11.3 Å². The Balaban J connectivity index is 2.37. The Hall–Kier alpha value is -2.07. The van der Waals surface area contributed by atoms with Gasteiger partial charge in [-0.25, -0.2) is 4.79 Å². The first-order valence-corrected chi connectivity index (χ1v) is 6.54.